The number of halogens is 2. The molecule has 0 unspecified atom stereocenters. The van der Waals surface area contributed by atoms with Gasteiger partial charge < -0.3 is 15.2 Å². The van der Waals surface area contributed by atoms with E-state index in [1.165, 1.54) is 16.2 Å². The van der Waals surface area contributed by atoms with Crippen LogP contribution < -0.4 is 10.1 Å². The number of nitrogens with zero attached hydrogens (tertiary/aromatic N) is 2. The Hall–Kier alpha value is -3.34. The minimum absolute atomic E-state index is 0. The Bertz CT molecular complexity index is 1710. The number of para-hydroxylation sites is 1. The van der Waals surface area contributed by atoms with E-state index >= 15 is 0 Å². The van der Waals surface area contributed by atoms with Crippen molar-refractivity contribution in [2.75, 3.05) is 26.2 Å². The number of aromatic nitrogens is 1. The summed E-state index contributed by atoms with van der Waals surface area (Å²) in [6, 6.07) is 16.9. The summed E-state index contributed by atoms with van der Waals surface area (Å²) in [4.78, 5) is 15.7. The molecule has 2 aliphatic heterocycles. The summed E-state index contributed by atoms with van der Waals surface area (Å²) < 4.78 is 34.4. The number of rotatable bonds is 5. The fourth-order valence-corrected chi connectivity index (χ4v) is 6.37. The number of fused-ring (bicyclic) bond motifs is 2. The van der Waals surface area contributed by atoms with Gasteiger partial charge in [0.25, 0.3) is 10.0 Å². The first-order valence-corrected chi connectivity index (χ1v) is 13.9. The molecule has 11 heteroatoms. The number of benzene rings is 3. The Morgan fingerprint density at radius 1 is 1.00 bits per heavy atom. The highest BCUT2D eigenvalue weighted by Gasteiger charge is 2.32. The van der Waals surface area contributed by atoms with Crippen LogP contribution in [0.2, 0.25) is 0 Å². The molecule has 0 bridgehead atoms. The number of ether oxygens (including phenoxy) is 1. The number of nitrogens with one attached hydrogen (secondary N) is 1. The number of aryl methyl sites for hydroxylation is 1. The molecule has 2 N–H and O–H groups in total. The third-order valence-corrected chi connectivity index (χ3v) is 8.77. The average Bonchev–Trinajstić information content (AvgIpc) is 3.45. The highest BCUT2D eigenvalue weighted by molar-refractivity contribution is 7.90. The van der Waals surface area contributed by atoms with Crippen LogP contribution in [0.4, 0.5) is 0 Å². The summed E-state index contributed by atoms with van der Waals surface area (Å²) in [5.74, 6) is 0.218. The first-order chi connectivity index (χ1) is 18.3. The number of Topliss-reactive ketones (excluding diaryl/α,β-unsaturated/α-hetero) is 1. The van der Waals surface area contributed by atoms with Gasteiger partial charge >= 0.3 is 0 Å². The van der Waals surface area contributed by atoms with E-state index in [2.05, 4.69) is 10.2 Å². The van der Waals surface area contributed by atoms with Gasteiger partial charge in [-0.05, 0) is 43.3 Å². The highest BCUT2D eigenvalue weighted by Crippen LogP contribution is 2.40. The van der Waals surface area contributed by atoms with E-state index in [1.54, 1.807) is 48.5 Å². The van der Waals surface area contributed by atoms with Gasteiger partial charge in [-0.2, -0.15) is 0 Å². The van der Waals surface area contributed by atoms with E-state index < -0.39 is 10.0 Å². The number of phenols is 1. The predicted molar refractivity (Wildman–Crippen MR) is 159 cm³/mol. The van der Waals surface area contributed by atoms with Crippen molar-refractivity contribution in [2.45, 2.75) is 18.4 Å². The smallest absolute Gasteiger partial charge is 0.268 e. The maximum atomic E-state index is 13.5. The number of phenolic OH excluding ortho intramolecular Hbond substituents is 1. The van der Waals surface area contributed by atoms with Gasteiger partial charge in [-0.25, -0.2) is 12.4 Å². The third-order valence-electron chi connectivity index (χ3n) is 7.08. The van der Waals surface area contributed by atoms with Gasteiger partial charge in [0.1, 0.15) is 11.5 Å². The molecule has 0 spiro atoms. The van der Waals surface area contributed by atoms with Crippen molar-refractivity contribution in [2.24, 2.45) is 0 Å². The van der Waals surface area contributed by atoms with Crippen molar-refractivity contribution in [1.29, 1.82) is 0 Å². The van der Waals surface area contributed by atoms with Crippen LogP contribution >= 0.6 is 24.8 Å². The van der Waals surface area contributed by atoms with Crippen molar-refractivity contribution in [1.82, 2.24) is 14.2 Å². The topological polar surface area (TPSA) is 101 Å². The molecule has 3 aromatic carbocycles. The number of aromatic hydroxyl groups is 1. The van der Waals surface area contributed by atoms with Crippen molar-refractivity contribution >= 4 is 57.6 Å². The van der Waals surface area contributed by atoms with E-state index in [-0.39, 0.29) is 47.0 Å². The summed E-state index contributed by atoms with van der Waals surface area (Å²) in [5, 5.41) is 14.6. The zero-order chi connectivity index (χ0) is 26.4. The minimum atomic E-state index is -3.87. The van der Waals surface area contributed by atoms with Crippen molar-refractivity contribution in [3.05, 3.63) is 94.9 Å². The number of ketones is 1. The number of allylic oxidation sites excluding steroid dienone is 1. The summed E-state index contributed by atoms with van der Waals surface area (Å²) in [7, 11) is -3.87. The van der Waals surface area contributed by atoms with Gasteiger partial charge in [-0.3, -0.25) is 9.69 Å². The Balaban J connectivity index is 0.00000185. The molecular formula is C29H29Cl2N3O5S. The molecule has 0 atom stereocenters. The molecule has 0 radical (unpaired) electrons. The number of hydrogen-bond acceptors (Lipinski definition) is 7. The Kier molecular flexibility index (Phi) is 8.63. The molecule has 2 aliphatic rings. The van der Waals surface area contributed by atoms with Crippen molar-refractivity contribution in [3.63, 3.8) is 0 Å². The predicted octanol–water partition coefficient (Wildman–Crippen LogP) is 4.76. The second kappa shape index (κ2) is 11.6. The molecule has 0 aliphatic carbocycles. The lowest BCUT2D eigenvalue weighted by Crippen LogP contribution is -2.42. The second-order valence-electron chi connectivity index (χ2n) is 9.62. The normalized spacial score (nSPS) is 16.3. The zero-order valence-corrected chi connectivity index (χ0v) is 24.1. The van der Waals surface area contributed by atoms with Gasteiger partial charge in [-0.15, -0.1) is 24.8 Å². The van der Waals surface area contributed by atoms with Crippen LogP contribution in [-0.2, 0) is 16.6 Å². The summed E-state index contributed by atoms with van der Waals surface area (Å²) >= 11 is 0. The van der Waals surface area contributed by atoms with E-state index in [0.717, 1.165) is 31.7 Å². The summed E-state index contributed by atoms with van der Waals surface area (Å²) in [6.45, 7) is 5.73. The lowest BCUT2D eigenvalue weighted by molar-refractivity contribution is 0.101. The first kappa shape index (κ1) is 29.6. The molecule has 40 heavy (non-hydrogen) atoms. The van der Waals surface area contributed by atoms with Crippen LogP contribution in [0, 0.1) is 6.92 Å². The summed E-state index contributed by atoms with van der Waals surface area (Å²) in [5.41, 5.74) is 2.96. The van der Waals surface area contributed by atoms with Crippen molar-refractivity contribution < 1.29 is 23.1 Å². The molecule has 8 nitrogen and oxygen atoms in total. The lowest BCUT2D eigenvalue weighted by atomic mass is 10.0. The summed E-state index contributed by atoms with van der Waals surface area (Å²) in [6.07, 6.45) is 3.10. The van der Waals surface area contributed by atoms with Crippen LogP contribution in [0.1, 0.15) is 27.0 Å². The molecule has 1 aromatic heterocycles. The van der Waals surface area contributed by atoms with Gasteiger partial charge in [0, 0.05) is 49.9 Å². The van der Waals surface area contributed by atoms with Crippen LogP contribution in [-0.4, -0.2) is 54.4 Å². The molecule has 6 rings (SSSR count). The number of carbonyl (C=O) groups excluding carboxylic acids is 1. The molecule has 0 amide bonds. The Morgan fingerprint density at radius 3 is 2.42 bits per heavy atom. The highest BCUT2D eigenvalue weighted by atomic mass is 35.5. The molecule has 4 aromatic rings. The molecular weight excluding hydrogens is 573 g/mol. The molecule has 210 valence electrons. The quantitative estimate of drug-likeness (QED) is 0.318. The van der Waals surface area contributed by atoms with E-state index in [0.29, 0.717) is 39.9 Å². The van der Waals surface area contributed by atoms with Gasteiger partial charge in [0.05, 0.1) is 21.5 Å². The molecule has 0 saturated carbocycles. The number of piperazine rings is 1. The minimum Gasteiger partial charge on any atom is -0.507 e. The first-order valence-electron chi connectivity index (χ1n) is 12.5. The maximum absolute atomic E-state index is 13.5. The van der Waals surface area contributed by atoms with E-state index in [4.69, 9.17) is 4.74 Å². The largest absolute Gasteiger partial charge is 0.507 e. The second-order valence-corrected chi connectivity index (χ2v) is 11.4. The van der Waals surface area contributed by atoms with Gasteiger partial charge in [0.15, 0.2) is 5.76 Å². The fraction of sp³-hybridized carbons (Fsp3) is 0.207. The fourth-order valence-electron chi connectivity index (χ4n) is 5.00. The molecule has 1 fully saturated rings. The Morgan fingerprint density at radius 2 is 1.70 bits per heavy atom. The standard InChI is InChI=1S/C29H27N3O5S.2ClH/c1-19-6-8-21(9-7-19)38(35,36)32-17-20(22-4-2-3-5-25(22)32)16-27-28(34)23-10-11-26(33)24(29(23)37-27)18-31-14-12-30-13-15-31;;/h2-11,16-17,30,33H,12-15,18H2,1H3;2*1H/b27-16-;;. The van der Waals surface area contributed by atoms with Crippen molar-refractivity contribution in [3.8, 4) is 11.5 Å². The molecule has 1 saturated heterocycles. The SMILES string of the molecule is Cc1ccc(S(=O)(=O)n2cc(/C=C3\Oc4c(ccc(O)c4CN4CCNCC4)C3=O)c3ccccc32)cc1.Cl.Cl. The lowest BCUT2D eigenvalue weighted by Gasteiger charge is -2.27. The van der Waals surface area contributed by atoms with E-state index in [9.17, 15) is 18.3 Å². The van der Waals surface area contributed by atoms with Crippen LogP contribution in [0.5, 0.6) is 11.5 Å². The monoisotopic (exact) mass is 601 g/mol. The zero-order valence-electron chi connectivity index (χ0n) is 21.7. The van der Waals surface area contributed by atoms with Crippen LogP contribution in [0.15, 0.2) is 77.5 Å². The number of hydrogen-bond donors (Lipinski definition) is 2. The van der Waals surface area contributed by atoms with Crippen LogP contribution in [0.3, 0.4) is 0 Å². The van der Waals surface area contributed by atoms with Crippen LogP contribution in [0.25, 0.3) is 17.0 Å². The maximum Gasteiger partial charge on any atom is 0.268 e. The van der Waals surface area contributed by atoms with Gasteiger partial charge in [0.2, 0.25) is 5.78 Å². The van der Waals surface area contributed by atoms with Gasteiger partial charge in [-0.1, -0.05) is 35.9 Å². The number of carbonyl (C=O) groups is 1. The average molecular weight is 603 g/mol. The van der Waals surface area contributed by atoms with E-state index in [1.807, 2.05) is 19.1 Å². The molecule has 3 heterocycles. The Labute approximate surface area is 245 Å². The third kappa shape index (κ3) is 5.23.